The molecule has 0 saturated heterocycles. The van der Waals surface area contributed by atoms with Gasteiger partial charge in [0.15, 0.2) is 5.78 Å². The van der Waals surface area contributed by atoms with Crippen molar-refractivity contribution in [1.29, 1.82) is 0 Å². The molecular formula is C18H15NO. The Morgan fingerprint density at radius 1 is 0.900 bits per heavy atom. The van der Waals surface area contributed by atoms with Crippen LogP contribution in [-0.4, -0.2) is 10.8 Å². The summed E-state index contributed by atoms with van der Waals surface area (Å²) in [6, 6.07) is 19.6. The molecule has 2 heteroatoms. The summed E-state index contributed by atoms with van der Waals surface area (Å²) in [4.78, 5) is 16.5. The van der Waals surface area contributed by atoms with Crippen molar-refractivity contribution in [2.45, 2.75) is 12.8 Å². The average Bonchev–Trinajstić information content (AvgIpc) is 2.53. The lowest BCUT2D eigenvalue weighted by Gasteiger charge is -2.05. The quantitative estimate of drug-likeness (QED) is 0.663. The molecule has 0 aliphatic heterocycles. The molecule has 0 radical (unpaired) electrons. The van der Waals surface area contributed by atoms with Crippen LogP contribution in [0.2, 0.25) is 0 Å². The Hall–Kier alpha value is -2.48. The Bertz CT molecular complexity index is 729. The Morgan fingerprint density at radius 3 is 2.50 bits per heavy atom. The third-order valence-corrected chi connectivity index (χ3v) is 3.44. The predicted octanol–water partition coefficient (Wildman–Crippen LogP) is 4.05. The van der Waals surface area contributed by atoms with E-state index in [1.807, 2.05) is 54.7 Å². The molecule has 0 atom stereocenters. The van der Waals surface area contributed by atoms with Crippen molar-refractivity contribution in [2.24, 2.45) is 0 Å². The van der Waals surface area contributed by atoms with Crippen LogP contribution in [-0.2, 0) is 6.42 Å². The highest BCUT2D eigenvalue weighted by molar-refractivity contribution is 5.96. The molecular weight excluding hydrogens is 246 g/mol. The normalized spacial score (nSPS) is 10.6. The van der Waals surface area contributed by atoms with Crippen LogP contribution in [0.15, 0.2) is 66.9 Å². The number of carbonyl (C=O) groups excluding carboxylic acids is 1. The molecule has 0 amide bonds. The molecule has 0 fully saturated rings. The monoisotopic (exact) mass is 261 g/mol. The van der Waals surface area contributed by atoms with Crippen LogP contribution in [0, 0.1) is 0 Å². The number of carbonyl (C=O) groups is 1. The smallest absolute Gasteiger partial charge is 0.163 e. The number of ketones is 1. The number of fused-ring (bicyclic) bond motifs is 1. The van der Waals surface area contributed by atoms with Crippen LogP contribution in [0.3, 0.4) is 0 Å². The van der Waals surface area contributed by atoms with Crippen molar-refractivity contribution >= 4 is 16.6 Å². The number of benzene rings is 2. The van der Waals surface area contributed by atoms with Gasteiger partial charge in [0.1, 0.15) is 0 Å². The van der Waals surface area contributed by atoms with Crippen LogP contribution in [0.5, 0.6) is 0 Å². The van der Waals surface area contributed by atoms with Gasteiger partial charge in [-0.25, -0.2) is 0 Å². The summed E-state index contributed by atoms with van der Waals surface area (Å²) in [6.07, 6.45) is 2.98. The fraction of sp³-hybridized carbons (Fsp3) is 0.111. The van der Waals surface area contributed by atoms with E-state index in [4.69, 9.17) is 0 Å². The molecule has 98 valence electrons. The number of Topliss-reactive ketones (excluding diaryl/α,β-unsaturated/α-hetero) is 1. The standard InChI is InChI=1S/C18H15NO/c20-18(15-7-2-1-3-8-15)11-10-17-16-9-5-4-6-14(16)12-13-19-17/h1-9,12-13H,10-11H2. The van der Waals surface area contributed by atoms with Gasteiger partial charge in [0.25, 0.3) is 0 Å². The molecule has 0 bridgehead atoms. The largest absolute Gasteiger partial charge is 0.294 e. The topological polar surface area (TPSA) is 30.0 Å². The summed E-state index contributed by atoms with van der Waals surface area (Å²) >= 11 is 0. The second kappa shape index (κ2) is 5.66. The van der Waals surface area contributed by atoms with Gasteiger partial charge in [0.2, 0.25) is 0 Å². The van der Waals surface area contributed by atoms with Gasteiger partial charge in [-0.3, -0.25) is 9.78 Å². The minimum absolute atomic E-state index is 0.167. The zero-order valence-corrected chi connectivity index (χ0v) is 11.1. The van der Waals surface area contributed by atoms with E-state index in [1.165, 1.54) is 5.39 Å². The van der Waals surface area contributed by atoms with Gasteiger partial charge in [0.05, 0.1) is 0 Å². The third-order valence-electron chi connectivity index (χ3n) is 3.44. The van der Waals surface area contributed by atoms with Gasteiger partial charge in [-0.2, -0.15) is 0 Å². The maximum atomic E-state index is 12.1. The predicted molar refractivity (Wildman–Crippen MR) is 80.8 cm³/mol. The van der Waals surface area contributed by atoms with Crippen molar-refractivity contribution < 1.29 is 4.79 Å². The molecule has 0 unspecified atom stereocenters. The van der Waals surface area contributed by atoms with E-state index in [9.17, 15) is 4.79 Å². The third kappa shape index (κ3) is 2.59. The number of aromatic nitrogens is 1. The first-order valence-corrected chi connectivity index (χ1v) is 6.75. The summed E-state index contributed by atoms with van der Waals surface area (Å²) < 4.78 is 0. The summed E-state index contributed by atoms with van der Waals surface area (Å²) in [7, 11) is 0. The maximum absolute atomic E-state index is 12.1. The molecule has 0 saturated carbocycles. The molecule has 0 spiro atoms. The van der Waals surface area contributed by atoms with E-state index < -0.39 is 0 Å². The molecule has 3 aromatic rings. The number of pyridine rings is 1. The van der Waals surface area contributed by atoms with E-state index >= 15 is 0 Å². The lowest BCUT2D eigenvalue weighted by Crippen LogP contribution is -2.02. The number of hydrogen-bond donors (Lipinski definition) is 0. The summed E-state index contributed by atoms with van der Waals surface area (Å²) in [5.74, 6) is 0.167. The van der Waals surface area contributed by atoms with E-state index in [-0.39, 0.29) is 5.78 Å². The number of hydrogen-bond acceptors (Lipinski definition) is 2. The highest BCUT2D eigenvalue weighted by Crippen LogP contribution is 2.18. The Labute approximate surface area is 118 Å². The van der Waals surface area contributed by atoms with Gasteiger partial charge in [-0.1, -0.05) is 54.6 Å². The fourth-order valence-corrected chi connectivity index (χ4v) is 2.38. The van der Waals surface area contributed by atoms with Crippen molar-refractivity contribution in [2.75, 3.05) is 0 Å². The summed E-state index contributed by atoms with van der Waals surface area (Å²) in [5.41, 5.74) is 1.76. The van der Waals surface area contributed by atoms with E-state index in [1.54, 1.807) is 0 Å². The molecule has 0 aliphatic rings. The lowest BCUT2D eigenvalue weighted by atomic mass is 10.0. The van der Waals surface area contributed by atoms with E-state index in [0.717, 1.165) is 16.6 Å². The molecule has 2 aromatic carbocycles. The van der Waals surface area contributed by atoms with Crippen molar-refractivity contribution in [3.63, 3.8) is 0 Å². The first-order valence-electron chi connectivity index (χ1n) is 6.75. The molecule has 0 N–H and O–H groups in total. The van der Waals surface area contributed by atoms with Gasteiger partial charge in [-0.15, -0.1) is 0 Å². The van der Waals surface area contributed by atoms with Crippen molar-refractivity contribution in [1.82, 2.24) is 4.98 Å². The van der Waals surface area contributed by atoms with Gasteiger partial charge in [-0.05, 0) is 17.9 Å². The Kier molecular flexibility index (Phi) is 3.55. The first kappa shape index (κ1) is 12.5. The Balaban J connectivity index is 1.79. The zero-order valence-electron chi connectivity index (χ0n) is 11.1. The first-order chi connectivity index (χ1) is 9.84. The van der Waals surface area contributed by atoms with E-state index in [2.05, 4.69) is 17.1 Å². The lowest BCUT2D eigenvalue weighted by molar-refractivity contribution is 0.0982. The van der Waals surface area contributed by atoms with Crippen LogP contribution in [0.4, 0.5) is 0 Å². The molecule has 3 rings (SSSR count). The number of aryl methyl sites for hydroxylation is 1. The van der Waals surface area contributed by atoms with Crippen LogP contribution in [0.25, 0.3) is 10.8 Å². The van der Waals surface area contributed by atoms with Gasteiger partial charge in [0, 0.05) is 29.3 Å². The van der Waals surface area contributed by atoms with E-state index in [0.29, 0.717) is 12.8 Å². The zero-order chi connectivity index (χ0) is 13.8. The second-order valence-corrected chi connectivity index (χ2v) is 4.77. The van der Waals surface area contributed by atoms with Crippen molar-refractivity contribution in [3.05, 3.63) is 78.1 Å². The number of nitrogens with zero attached hydrogens (tertiary/aromatic N) is 1. The van der Waals surface area contributed by atoms with Crippen LogP contribution >= 0.6 is 0 Å². The highest BCUT2D eigenvalue weighted by Gasteiger charge is 2.08. The second-order valence-electron chi connectivity index (χ2n) is 4.77. The van der Waals surface area contributed by atoms with Crippen LogP contribution < -0.4 is 0 Å². The SMILES string of the molecule is O=C(CCc1nccc2ccccc12)c1ccccc1. The summed E-state index contributed by atoms with van der Waals surface area (Å²) in [5, 5.41) is 2.31. The molecule has 0 aliphatic carbocycles. The van der Waals surface area contributed by atoms with Crippen molar-refractivity contribution in [3.8, 4) is 0 Å². The highest BCUT2D eigenvalue weighted by atomic mass is 16.1. The van der Waals surface area contributed by atoms with Gasteiger partial charge >= 0.3 is 0 Å². The number of rotatable bonds is 4. The summed E-state index contributed by atoms with van der Waals surface area (Å²) in [6.45, 7) is 0. The van der Waals surface area contributed by atoms with Crippen LogP contribution in [0.1, 0.15) is 22.5 Å². The molecule has 20 heavy (non-hydrogen) atoms. The Morgan fingerprint density at radius 2 is 1.65 bits per heavy atom. The maximum Gasteiger partial charge on any atom is 0.163 e. The minimum atomic E-state index is 0.167. The molecule has 1 aromatic heterocycles. The molecule has 2 nitrogen and oxygen atoms in total. The molecule has 1 heterocycles. The van der Waals surface area contributed by atoms with Gasteiger partial charge < -0.3 is 0 Å². The fourth-order valence-electron chi connectivity index (χ4n) is 2.38. The average molecular weight is 261 g/mol. The minimum Gasteiger partial charge on any atom is -0.294 e.